The first-order valence-electron chi connectivity index (χ1n) is 12.3. The second kappa shape index (κ2) is 10.1. The molecule has 1 aromatic heterocycles. The molecule has 1 amide bonds. The van der Waals surface area contributed by atoms with Gasteiger partial charge in [-0.25, -0.2) is 9.40 Å². The summed E-state index contributed by atoms with van der Waals surface area (Å²) in [5.41, 5.74) is 2.25. The van der Waals surface area contributed by atoms with E-state index in [0.29, 0.717) is 42.7 Å². The number of halogens is 2. The van der Waals surface area contributed by atoms with Gasteiger partial charge in [-0.15, -0.1) is 6.42 Å². The molecule has 3 heterocycles. The molecule has 3 aromatic rings. The molecule has 1 spiro atoms. The number of aromatic nitrogens is 2. The zero-order chi connectivity index (χ0) is 26.2. The van der Waals surface area contributed by atoms with Crippen LogP contribution >= 0.6 is 15.9 Å². The summed E-state index contributed by atoms with van der Waals surface area (Å²) in [6.07, 6.45) is 6.56. The number of nitrogens with zero attached hydrogens (tertiary/aromatic N) is 4. The van der Waals surface area contributed by atoms with Gasteiger partial charge in [-0.1, -0.05) is 48.4 Å². The molecule has 190 valence electrons. The Labute approximate surface area is 223 Å². The summed E-state index contributed by atoms with van der Waals surface area (Å²) >= 11 is 3.53. The van der Waals surface area contributed by atoms with Gasteiger partial charge < -0.3 is 0 Å². The normalized spacial score (nSPS) is 18.2. The van der Waals surface area contributed by atoms with Crippen molar-refractivity contribution >= 4 is 27.5 Å². The summed E-state index contributed by atoms with van der Waals surface area (Å²) in [7, 11) is 0. The van der Waals surface area contributed by atoms with Gasteiger partial charge in [0.25, 0.3) is 11.5 Å². The third kappa shape index (κ3) is 4.34. The minimum atomic E-state index is -0.841. The maximum Gasteiger partial charge on any atom is 0.278 e. The van der Waals surface area contributed by atoms with E-state index < -0.39 is 5.41 Å². The molecule has 1 unspecified atom stereocenters. The summed E-state index contributed by atoms with van der Waals surface area (Å²) < 4.78 is 16.0. The molecule has 2 aliphatic heterocycles. The highest BCUT2D eigenvalue weighted by atomic mass is 79.9. The Kier molecular flexibility index (Phi) is 6.88. The van der Waals surface area contributed by atoms with Gasteiger partial charge >= 0.3 is 0 Å². The van der Waals surface area contributed by atoms with Crippen molar-refractivity contribution in [2.75, 3.05) is 19.6 Å². The van der Waals surface area contributed by atoms with Crippen LogP contribution in [0.3, 0.4) is 0 Å². The molecule has 2 aliphatic rings. The molecule has 9 heteroatoms. The number of aromatic amines is 1. The fraction of sp³-hybridized carbons (Fsp3) is 0.321. The summed E-state index contributed by atoms with van der Waals surface area (Å²) in [6, 6.07) is 15.9. The van der Waals surface area contributed by atoms with Gasteiger partial charge in [0.1, 0.15) is 16.8 Å². The second-order valence-corrected chi connectivity index (χ2v) is 10.1. The van der Waals surface area contributed by atoms with Gasteiger partial charge in [-0.2, -0.15) is 5.10 Å². The van der Waals surface area contributed by atoms with E-state index in [-0.39, 0.29) is 29.9 Å². The zero-order valence-electron chi connectivity index (χ0n) is 20.5. The van der Waals surface area contributed by atoms with Crippen molar-refractivity contribution in [2.45, 2.75) is 32.4 Å². The minimum absolute atomic E-state index is 0.0840. The molecule has 2 aromatic carbocycles. The lowest BCUT2D eigenvalue weighted by molar-refractivity contribution is -0.137. The molecule has 1 fully saturated rings. The maximum atomic E-state index is 13.7. The molecule has 5 rings (SSSR count). The van der Waals surface area contributed by atoms with Gasteiger partial charge in [-0.05, 0) is 59.0 Å². The van der Waals surface area contributed by atoms with Gasteiger partial charge in [0.15, 0.2) is 0 Å². The first-order valence-corrected chi connectivity index (χ1v) is 13.1. The Morgan fingerprint density at radius 3 is 2.43 bits per heavy atom. The van der Waals surface area contributed by atoms with E-state index in [1.165, 1.54) is 17.1 Å². The smallest absolute Gasteiger partial charge is 0.278 e. The molecule has 37 heavy (non-hydrogen) atoms. The van der Waals surface area contributed by atoms with Gasteiger partial charge in [0.2, 0.25) is 0 Å². The van der Waals surface area contributed by atoms with Gasteiger partial charge in [0, 0.05) is 19.6 Å². The summed E-state index contributed by atoms with van der Waals surface area (Å²) in [4.78, 5) is 28.5. The lowest BCUT2D eigenvalue weighted by Crippen LogP contribution is -2.50. The molecule has 1 saturated heterocycles. The predicted molar refractivity (Wildman–Crippen MR) is 143 cm³/mol. The summed E-state index contributed by atoms with van der Waals surface area (Å²) in [5.74, 6) is 2.06. The van der Waals surface area contributed by atoms with Crippen LogP contribution in [0.25, 0.3) is 0 Å². The zero-order valence-corrected chi connectivity index (χ0v) is 22.0. The predicted octanol–water partition coefficient (Wildman–Crippen LogP) is 4.15. The molecule has 0 aliphatic carbocycles. The topological polar surface area (TPSA) is 73.7 Å². The molecule has 0 saturated carbocycles. The van der Waals surface area contributed by atoms with Crippen LogP contribution in [0.5, 0.6) is 0 Å². The number of rotatable bonds is 6. The number of carbonyl (C=O) groups is 1. The van der Waals surface area contributed by atoms with Crippen LogP contribution in [0.2, 0.25) is 0 Å². The maximum absolute atomic E-state index is 13.7. The van der Waals surface area contributed by atoms with E-state index in [0.717, 1.165) is 16.8 Å². The number of terminal acetylenes is 1. The lowest BCUT2D eigenvalue weighted by atomic mass is 9.71. The quantitative estimate of drug-likeness (QED) is 0.458. The summed E-state index contributed by atoms with van der Waals surface area (Å²) in [6.45, 7) is 3.86. The number of hydrogen-bond acceptors (Lipinski definition) is 4. The fourth-order valence-corrected chi connectivity index (χ4v) is 6.04. The van der Waals surface area contributed by atoms with Crippen molar-refractivity contribution in [3.05, 3.63) is 92.1 Å². The van der Waals surface area contributed by atoms with E-state index >= 15 is 0 Å². The highest BCUT2D eigenvalue weighted by Gasteiger charge is 2.53. The molecule has 1 N–H and O–H groups in total. The first-order chi connectivity index (χ1) is 17.9. The number of hydrazone groups is 1. The van der Waals surface area contributed by atoms with Crippen LogP contribution in [-0.4, -0.2) is 50.9 Å². The number of hydrogen-bond donors (Lipinski definition) is 1. The second-order valence-electron chi connectivity index (χ2n) is 9.34. The number of likely N-dealkylation sites (tertiary alicyclic amines) is 1. The van der Waals surface area contributed by atoms with E-state index in [2.05, 4.69) is 49.1 Å². The number of H-pyrrole nitrogens is 1. The number of aryl methyl sites for hydroxylation is 1. The van der Waals surface area contributed by atoms with Crippen molar-refractivity contribution in [2.24, 2.45) is 10.5 Å². The lowest BCUT2D eigenvalue weighted by Gasteiger charge is -2.42. The molecule has 7 nitrogen and oxygen atoms in total. The minimum Gasteiger partial charge on any atom is -0.291 e. The Morgan fingerprint density at radius 1 is 1.14 bits per heavy atom. The van der Waals surface area contributed by atoms with Crippen LogP contribution in [0.1, 0.15) is 42.6 Å². The SMILES string of the molecule is C#CCN1N=C(c2ccc(F)cc2)C2(CCN(C(c3ccccc3)c3c(Br)c(=O)[nH]n3CC)CC2)C1=O. The average molecular weight is 564 g/mol. The van der Waals surface area contributed by atoms with Gasteiger partial charge in [0.05, 0.1) is 22.9 Å². The van der Waals surface area contributed by atoms with Crippen LogP contribution in [-0.2, 0) is 11.3 Å². The third-order valence-electron chi connectivity index (χ3n) is 7.34. The van der Waals surface area contributed by atoms with E-state index in [1.54, 1.807) is 12.1 Å². The van der Waals surface area contributed by atoms with Crippen molar-refractivity contribution in [3.8, 4) is 12.3 Å². The highest BCUT2D eigenvalue weighted by molar-refractivity contribution is 9.10. The van der Waals surface area contributed by atoms with Crippen LogP contribution in [0.15, 0.2) is 69.0 Å². The molecule has 1 atom stereocenters. The van der Waals surface area contributed by atoms with E-state index in [4.69, 9.17) is 6.42 Å². The Morgan fingerprint density at radius 2 is 1.81 bits per heavy atom. The molecular formula is C28H27BrFN5O2. The van der Waals surface area contributed by atoms with E-state index in [9.17, 15) is 14.0 Å². The monoisotopic (exact) mass is 563 g/mol. The Bertz CT molecular complexity index is 1430. The van der Waals surface area contributed by atoms with Gasteiger partial charge in [-0.3, -0.25) is 24.3 Å². The largest absolute Gasteiger partial charge is 0.291 e. The molecule has 0 radical (unpaired) electrons. The van der Waals surface area contributed by atoms with Crippen molar-refractivity contribution in [1.29, 1.82) is 0 Å². The van der Waals surface area contributed by atoms with Crippen LogP contribution < -0.4 is 5.56 Å². The number of nitrogens with one attached hydrogen (secondary N) is 1. The first kappa shape index (κ1) is 25.2. The number of carbonyl (C=O) groups excluding carboxylic acids is 1. The van der Waals surface area contributed by atoms with Crippen LogP contribution in [0.4, 0.5) is 4.39 Å². The molecular weight excluding hydrogens is 537 g/mol. The van der Waals surface area contributed by atoms with Crippen molar-refractivity contribution in [3.63, 3.8) is 0 Å². The van der Waals surface area contributed by atoms with Crippen molar-refractivity contribution < 1.29 is 9.18 Å². The number of benzene rings is 2. The Hall–Kier alpha value is -3.48. The molecule has 0 bridgehead atoms. The number of piperidine rings is 1. The standard InChI is InChI=1S/C28H27BrFN5O2/c1-3-16-35-27(37)28(25(31-35)20-10-12-21(30)13-11-20)14-17-33(18-15-28)23(19-8-6-5-7-9-19)24-22(29)26(36)32-34(24)4-2/h1,5-13,23H,4,14-18H2,2H3,(H,32,36). The third-order valence-corrected chi connectivity index (χ3v) is 8.10. The van der Waals surface area contributed by atoms with Crippen molar-refractivity contribution in [1.82, 2.24) is 19.7 Å². The Balaban J connectivity index is 1.52. The average Bonchev–Trinajstić information content (AvgIpc) is 3.35. The number of amides is 1. The fourth-order valence-electron chi connectivity index (χ4n) is 5.52. The van der Waals surface area contributed by atoms with Crippen LogP contribution in [0, 0.1) is 23.6 Å². The van der Waals surface area contributed by atoms with E-state index in [1.807, 2.05) is 29.8 Å². The summed E-state index contributed by atoms with van der Waals surface area (Å²) in [5, 5.41) is 8.91. The highest BCUT2D eigenvalue weighted by Crippen LogP contribution is 2.44.